The molecule has 0 N–H and O–H groups in total. The van der Waals surface area contributed by atoms with Gasteiger partial charge >= 0.3 is 0 Å². The van der Waals surface area contributed by atoms with Crippen LogP contribution in [0.15, 0.2) is 18.2 Å². The Morgan fingerprint density at radius 3 is 2.73 bits per heavy atom. The maximum Gasteiger partial charge on any atom is 0.297 e. The van der Waals surface area contributed by atoms with E-state index < -0.39 is 24.0 Å². The molecule has 1 aromatic carbocycles. The van der Waals surface area contributed by atoms with Gasteiger partial charge in [0, 0.05) is 13.1 Å². The number of amides is 1. The highest BCUT2D eigenvalue weighted by molar-refractivity contribution is 6.33. The number of fused-ring (bicyclic) bond motifs is 1. The quantitative estimate of drug-likeness (QED) is 0.850. The number of aromatic nitrogens is 3. The first-order valence-corrected chi connectivity index (χ1v) is 6.79. The van der Waals surface area contributed by atoms with Crippen molar-refractivity contribution in [2.24, 2.45) is 0 Å². The SMILES string of the molecule is O=C(c1ccc(F)cc1Cl)N1CCn2c(nnc2C(F)F)C1. The van der Waals surface area contributed by atoms with Crippen LogP contribution in [0.5, 0.6) is 0 Å². The molecule has 0 bridgehead atoms. The Labute approximate surface area is 128 Å². The number of hydrogen-bond donors (Lipinski definition) is 0. The summed E-state index contributed by atoms with van der Waals surface area (Å²) in [7, 11) is 0. The second-order valence-corrected chi connectivity index (χ2v) is 5.18. The van der Waals surface area contributed by atoms with Crippen LogP contribution in [0.3, 0.4) is 0 Å². The molecule has 0 spiro atoms. The van der Waals surface area contributed by atoms with Gasteiger partial charge in [0.1, 0.15) is 5.82 Å². The molecule has 0 atom stereocenters. The molecule has 1 aromatic heterocycles. The molecule has 116 valence electrons. The van der Waals surface area contributed by atoms with E-state index in [2.05, 4.69) is 10.2 Å². The number of benzene rings is 1. The lowest BCUT2D eigenvalue weighted by atomic mass is 10.2. The molecule has 0 saturated carbocycles. The minimum atomic E-state index is -2.71. The van der Waals surface area contributed by atoms with Gasteiger partial charge in [-0.25, -0.2) is 13.2 Å². The van der Waals surface area contributed by atoms with E-state index >= 15 is 0 Å². The number of carbonyl (C=O) groups is 1. The van der Waals surface area contributed by atoms with Crippen LogP contribution in [0, 0.1) is 5.82 Å². The Morgan fingerprint density at radius 2 is 2.05 bits per heavy atom. The Bertz CT molecular complexity index is 734. The van der Waals surface area contributed by atoms with Crippen LogP contribution in [0.25, 0.3) is 0 Å². The molecule has 2 heterocycles. The predicted molar refractivity (Wildman–Crippen MR) is 71.1 cm³/mol. The Balaban J connectivity index is 1.84. The molecule has 22 heavy (non-hydrogen) atoms. The second-order valence-electron chi connectivity index (χ2n) is 4.78. The number of halogens is 4. The standard InChI is InChI=1S/C13H10ClF3N4O/c14-9-5-7(15)1-2-8(9)13(22)20-3-4-21-10(6-20)18-19-12(21)11(16)17/h1-2,5,11H,3-4,6H2. The first-order valence-electron chi connectivity index (χ1n) is 6.42. The van der Waals surface area contributed by atoms with Crippen molar-refractivity contribution < 1.29 is 18.0 Å². The number of rotatable bonds is 2. The molecule has 0 fully saturated rings. The fourth-order valence-corrected chi connectivity index (χ4v) is 2.60. The lowest BCUT2D eigenvalue weighted by Gasteiger charge is -2.28. The van der Waals surface area contributed by atoms with E-state index in [1.807, 2.05) is 0 Å². The average molecular weight is 331 g/mol. The number of nitrogens with zero attached hydrogens (tertiary/aromatic N) is 4. The normalized spacial score (nSPS) is 14.3. The molecular formula is C13H10ClF3N4O. The minimum Gasteiger partial charge on any atom is -0.329 e. The van der Waals surface area contributed by atoms with Crippen LogP contribution in [-0.4, -0.2) is 32.1 Å². The maximum absolute atomic E-state index is 13.0. The van der Waals surface area contributed by atoms with E-state index in [9.17, 15) is 18.0 Å². The van der Waals surface area contributed by atoms with Gasteiger partial charge in [0.25, 0.3) is 12.3 Å². The van der Waals surface area contributed by atoms with E-state index in [-0.39, 0.29) is 36.0 Å². The van der Waals surface area contributed by atoms with Crippen LogP contribution < -0.4 is 0 Å². The molecular weight excluding hydrogens is 321 g/mol. The third kappa shape index (κ3) is 2.54. The molecule has 3 rings (SSSR count). The fraction of sp³-hybridized carbons (Fsp3) is 0.308. The summed E-state index contributed by atoms with van der Waals surface area (Å²) in [6, 6.07) is 3.49. The van der Waals surface area contributed by atoms with Crippen molar-refractivity contribution in [3.05, 3.63) is 46.3 Å². The van der Waals surface area contributed by atoms with Gasteiger partial charge in [-0.2, -0.15) is 0 Å². The summed E-state index contributed by atoms with van der Waals surface area (Å²) in [5.74, 6) is -1.06. The van der Waals surface area contributed by atoms with Crippen molar-refractivity contribution in [1.29, 1.82) is 0 Å². The van der Waals surface area contributed by atoms with E-state index in [1.54, 1.807) is 0 Å². The van der Waals surface area contributed by atoms with Gasteiger partial charge in [-0.3, -0.25) is 4.79 Å². The van der Waals surface area contributed by atoms with E-state index in [0.29, 0.717) is 0 Å². The van der Waals surface area contributed by atoms with Crippen molar-refractivity contribution in [3.63, 3.8) is 0 Å². The van der Waals surface area contributed by atoms with E-state index in [4.69, 9.17) is 11.6 Å². The molecule has 1 amide bonds. The lowest BCUT2D eigenvalue weighted by molar-refractivity contribution is 0.0699. The van der Waals surface area contributed by atoms with Gasteiger partial charge in [-0.1, -0.05) is 11.6 Å². The number of hydrogen-bond acceptors (Lipinski definition) is 3. The molecule has 0 aliphatic carbocycles. The fourth-order valence-electron chi connectivity index (χ4n) is 2.35. The average Bonchev–Trinajstić information content (AvgIpc) is 2.89. The van der Waals surface area contributed by atoms with Crippen LogP contribution in [0.4, 0.5) is 13.2 Å². The summed E-state index contributed by atoms with van der Waals surface area (Å²) in [6.07, 6.45) is -2.71. The zero-order chi connectivity index (χ0) is 15.9. The highest BCUT2D eigenvalue weighted by Crippen LogP contribution is 2.24. The monoisotopic (exact) mass is 330 g/mol. The first-order chi connectivity index (χ1) is 10.5. The summed E-state index contributed by atoms with van der Waals surface area (Å²) in [6.45, 7) is 0.441. The topological polar surface area (TPSA) is 51.0 Å². The maximum atomic E-state index is 13.0. The predicted octanol–water partition coefficient (Wildman–Crippen LogP) is 2.66. The lowest BCUT2D eigenvalue weighted by Crippen LogP contribution is -2.39. The Kier molecular flexibility index (Phi) is 3.78. The highest BCUT2D eigenvalue weighted by atomic mass is 35.5. The van der Waals surface area contributed by atoms with Gasteiger partial charge in [-0.15, -0.1) is 10.2 Å². The Hall–Kier alpha value is -2.09. The highest BCUT2D eigenvalue weighted by Gasteiger charge is 2.28. The molecule has 0 saturated heterocycles. The first kappa shape index (κ1) is 14.8. The van der Waals surface area contributed by atoms with E-state index in [0.717, 1.165) is 12.1 Å². The zero-order valence-electron chi connectivity index (χ0n) is 11.1. The number of carbonyl (C=O) groups excluding carboxylic acids is 1. The van der Waals surface area contributed by atoms with Gasteiger partial charge in [-0.05, 0) is 18.2 Å². The largest absolute Gasteiger partial charge is 0.329 e. The summed E-state index contributed by atoms with van der Waals surface area (Å²) < 4.78 is 39.8. The molecule has 2 aromatic rings. The van der Waals surface area contributed by atoms with Crippen LogP contribution >= 0.6 is 11.6 Å². The van der Waals surface area contributed by atoms with Crippen molar-refractivity contribution in [3.8, 4) is 0 Å². The molecule has 1 aliphatic heterocycles. The third-order valence-electron chi connectivity index (χ3n) is 3.43. The van der Waals surface area contributed by atoms with Gasteiger partial charge in [0.2, 0.25) is 0 Å². The summed E-state index contributed by atoms with van der Waals surface area (Å²) in [4.78, 5) is 13.8. The zero-order valence-corrected chi connectivity index (χ0v) is 11.9. The molecule has 0 radical (unpaired) electrons. The summed E-state index contributed by atoms with van der Waals surface area (Å²) in [5.41, 5.74) is 0.158. The van der Waals surface area contributed by atoms with Crippen molar-refractivity contribution >= 4 is 17.5 Å². The van der Waals surface area contributed by atoms with Crippen LogP contribution in [-0.2, 0) is 13.1 Å². The van der Waals surface area contributed by atoms with Crippen molar-refractivity contribution in [2.75, 3.05) is 6.54 Å². The van der Waals surface area contributed by atoms with Gasteiger partial charge in [0.15, 0.2) is 11.6 Å². The third-order valence-corrected chi connectivity index (χ3v) is 3.74. The van der Waals surface area contributed by atoms with Gasteiger partial charge in [0.05, 0.1) is 17.1 Å². The Morgan fingerprint density at radius 1 is 1.27 bits per heavy atom. The summed E-state index contributed by atoms with van der Waals surface area (Å²) in [5, 5.41) is 7.13. The van der Waals surface area contributed by atoms with Crippen LogP contribution in [0.2, 0.25) is 5.02 Å². The van der Waals surface area contributed by atoms with Gasteiger partial charge < -0.3 is 9.47 Å². The van der Waals surface area contributed by atoms with Crippen molar-refractivity contribution in [1.82, 2.24) is 19.7 Å². The summed E-state index contributed by atoms with van der Waals surface area (Å²) >= 11 is 5.87. The second kappa shape index (κ2) is 5.60. The van der Waals surface area contributed by atoms with Crippen LogP contribution in [0.1, 0.15) is 28.4 Å². The van der Waals surface area contributed by atoms with E-state index in [1.165, 1.54) is 15.5 Å². The molecule has 5 nitrogen and oxygen atoms in total. The smallest absolute Gasteiger partial charge is 0.297 e. The molecule has 0 unspecified atom stereocenters. The molecule has 1 aliphatic rings. The molecule has 9 heteroatoms. The van der Waals surface area contributed by atoms with Crippen molar-refractivity contribution in [2.45, 2.75) is 19.5 Å². The minimum absolute atomic E-state index is 0.00492. The number of alkyl halides is 2.